The van der Waals surface area contributed by atoms with Crippen LogP contribution in [0.15, 0.2) is 18.2 Å². The third kappa shape index (κ3) is 4.53. The molecule has 0 aliphatic heterocycles. The number of rotatable bonds is 8. The lowest BCUT2D eigenvalue weighted by molar-refractivity contribution is 0.0618. The molecule has 1 aromatic rings. The van der Waals surface area contributed by atoms with Gasteiger partial charge in [-0.1, -0.05) is 23.8 Å². The first-order valence-corrected chi connectivity index (χ1v) is 8.01. The minimum Gasteiger partial charge on any atom is -0.387 e. The van der Waals surface area contributed by atoms with E-state index in [1.807, 2.05) is 0 Å². The average molecular weight is 291 g/mol. The Morgan fingerprint density at radius 2 is 2.05 bits per heavy atom. The van der Waals surface area contributed by atoms with E-state index in [4.69, 9.17) is 4.74 Å². The number of ether oxygens (including phenoxy) is 1. The fourth-order valence-corrected chi connectivity index (χ4v) is 2.99. The molecule has 0 bridgehead atoms. The van der Waals surface area contributed by atoms with Crippen LogP contribution in [0.4, 0.5) is 0 Å². The summed E-state index contributed by atoms with van der Waals surface area (Å²) in [5.74, 6) is 0.799. The van der Waals surface area contributed by atoms with Crippen LogP contribution in [0.1, 0.15) is 42.6 Å². The van der Waals surface area contributed by atoms with Crippen molar-refractivity contribution in [3.05, 3.63) is 34.9 Å². The summed E-state index contributed by atoms with van der Waals surface area (Å²) < 4.78 is 5.23. The number of methoxy groups -OCH3 is 1. The SMILES string of the molecule is COCCN(CC(O)c1cc(C)ccc1C)C(C)C1CC1. The van der Waals surface area contributed by atoms with Gasteiger partial charge in [-0.25, -0.2) is 0 Å². The van der Waals surface area contributed by atoms with Gasteiger partial charge in [-0.15, -0.1) is 0 Å². The lowest BCUT2D eigenvalue weighted by atomic mass is 10.00. The molecule has 0 aromatic heterocycles. The van der Waals surface area contributed by atoms with E-state index < -0.39 is 6.10 Å². The smallest absolute Gasteiger partial charge is 0.0919 e. The molecule has 1 aliphatic carbocycles. The van der Waals surface area contributed by atoms with Gasteiger partial charge in [-0.05, 0) is 50.7 Å². The molecule has 1 fully saturated rings. The van der Waals surface area contributed by atoms with Crippen molar-refractivity contribution in [2.75, 3.05) is 26.8 Å². The molecule has 0 amide bonds. The zero-order valence-corrected chi connectivity index (χ0v) is 13.8. The quantitative estimate of drug-likeness (QED) is 0.799. The summed E-state index contributed by atoms with van der Waals surface area (Å²) in [6, 6.07) is 6.83. The van der Waals surface area contributed by atoms with E-state index >= 15 is 0 Å². The molecule has 1 aromatic carbocycles. The second-order valence-electron chi connectivity index (χ2n) is 6.44. The minimum atomic E-state index is -0.428. The van der Waals surface area contributed by atoms with E-state index in [0.717, 1.165) is 24.6 Å². The van der Waals surface area contributed by atoms with Crippen LogP contribution in [0.3, 0.4) is 0 Å². The van der Waals surface area contributed by atoms with Crippen molar-refractivity contribution in [1.82, 2.24) is 4.90 Å². The first-order chi connectivity index (χ1) is 10.0. The second kappa shape index (κ2) is 7.39. The van der Waals surface area contributed by atoms with Crippen molar-refractivity contribution in [3.63, 3.8) is 0 Å². The third-order valence-corrected chi connectivity index (χ3v) is 4.66. The van der Waals surface area contributed by atoms with Crippen LogP contribution in [-0.2, 0) is 4.74 Å². The summed E-state index contributed by atoms with van der Waals surface area (Å²) in [5, 5.41) is 10.7. The topological polar surface area (TPSA) is 32.7 Å². The molecule has 0 heterocycles. The van der Waals surface area contributed by atoms with Gasteiger partial charge >= 0.3 is 0 Å². The standard InChI is InChI=1S/C18H29NO2/c1-13-5-6-14(2)17(11-13)18(20)12-19(9-10-21-4)15(3)16-7-8-16/h5-6,11,15-16,18,20H,7-10,12H2,1-4H3. The number of hydrogen-bond donors (Lipinski definition) is 1. The number of aliphatic hydroxyl groups excluding tert-OH is 1. The lowest BCUT2D eigenvalue weighted by Crippen LogP contribution is -2.40. The highest BCUT2D eigenvalue weighted by molar-refractivity contribution is 5.32. The summed E-state index contributed by atoms with van der Waals surface area (Å²) in [7, 11) is 1.74. The van der Waals surface area contributed by atoms with Crippen molar-refractivity contribution in [2.45, 2.75) is 45.8 Å². The Kier molecular flexibility index (Phi) is 5.80. The third-order valence-electron chi connectivity index (χ3n) is 4.66. The summed E-state index contributed by atoms with van der Waals surface area (Å²) >= 11 is 0. The van der Waals surface area contributed by atoms with Gasteiger partial charge in [-0.2, -0.15) is 0 Å². The summed E-state index contributed by atoms with van der Waals surface area (Å²) in [6.07, 6.45) is 2.22. The molecule has 2 atom stereocenters. The largest absolute Gasteiger partial charge is 0.387 e. The van der Waals surface area contributed by atoms with E-state index in [1.165, 1.54) is 24.0 Å². The maximum atomic E-state index is 10.7. The molecule has 3 heteroatoms. The number of aliphatic hydroxyl groups is 1. The van der Waals surface area contributed by atoms with Crippen LogP contribution >= 0.6 is 0 Å². The van der Waals surface area contributed by atoms with Gasteiger partial charge in [0.15, 0.2) is 0 Å². The second-order valence-corrected chi connectivity index (χ2v) is 6.44. The molecule has 2 rings (SSSR count). The van der Waals surface area contributed by atoms with Gasteiger partial charge in [0.05, 0.1) is 12.7 Å². The van der Waals surface area contributed by atoms with Crippen LogP contribution in [0.2, 0.25) is 0 Å². The van der Waals surface area contributed by atoms with Crippen molar-refractivity contribution in [1.29, 1.82) is 0 Å². The highest BCUT2D eigenvalue weighted by Gasteiger charge is 2.32. The molecule has 1 N–H and O–H groups in total. The predicted octanol–water partition coefficient (Wildman–Crippen LogP) is 3.08. The van der Waals surface area contributed by atoms with Crippen LogP contribution in [0, 0.1) is 19.8 Å². The molecule has 0 radical (unpaired) electrons. The van der Waals surface area contributed by atoms with Crippen LogP contribution in [0.25, 0.3) is 0 Å². The van der Waals surface area contributed by atoms with E-state index in [1.54, 1.807) is 7.11 Å². The Labute approximate surface area is 128 Å². The Morgan fingerprint density at radius 3 is 2.67 bits per heavy atom. The van der Waals surface area contributed by atoms with Gasteiger partial charge < -0.3 is 9.84 Å². The zero-order chi connectivity index (χ0) is 15.4. The highest BCUT2D eigenvalue weighted by atomic mass is 16.5. The van der Waals surface area contributed by atoms with Crippen molar-refractivity contribution in [2.24, 2.45) is 5.92 Å². The van der Waals surface area contributed by atoms with E-state index in [9.17, 15) is 5.11 Å². The Balaban J connectivity index is 2.05. The first-order valence-electron chi connectivity index (χ1n) is 8.01. The normalized spacial score (nSPS) is 18.0. The number of aryl methyl sites for hydroxylation is 2. The molecular formula is C18H29NO2. The Morgan fingerprint density at radius 1 is 1.33 bits per heavy atom. The fourth-order valence-electron chi connectivity index (χ4n) is 2.99. The van der Waals surface area contributed by atoms with Crippen molar-refractivity contribution >= 4 is 0 Å². The molecule has 3 nitrogen and oxygen atoms in total. The molecule has 0 spiro atoms. The molecule has 21 heavy (non-hydrogen) atoms. The first kappa shape index (κ1) is 16.5. The molecule has 118 valence electrons. The monoisotopic (exact) mass is 291 g/mol. The van der Waals surface area contributed by atoms with E-state index in [2.05, 4.69) is 43.9 Å². The minimum absolute atomic E-state index is 0.428. The molecule has 0 saturated heterocycles. The highest BCUT2D eigenvalue weighted by Crippen LogP contribution is 2.35. The molecule has 1 aliphatic rings. The lowest BCUT2D eigenvalue weighted by Gasteiger charge is -2.31. The zero-order valence-electron chi connectivity index (χ0n) is 13.8. The van der Waals surface area contributed by atoms with E-state index in [0.29, 0.717) is 12.6 Å². The Hall–Kier alpha value is -0.900. The maximum absolute atomic E-state index is 10.7. The number of benzene rings is 1. The van der Waals surface area contributed by atoms with Gasteiger partial charge in [-0.3, -0.25) is 4.90 Å². The van der Waals surface area contributed by atoms with Crippen LogP contribution < -0.4 is 0 Å². The molecule has 2 unspecified atom stereocenters. The van der Waals surface area contributed by atoms with Gasteiger partial charge in [0.2, 0.25) is 0 Å². The van der Waals surface area contributed by atoms with Gasteiger partial charge in [0.25, 0.3) is 0 Å². The van der Waals surface area contributed by atoms with Crippen molar-refractivity contribution < 1.29 is 9.84 Å². The average Bonchev–Trinajstić information content (AvgIpc) is 3.29. The molecule has 1 saturated carbocycles. The number of nitrogens with zero attached hydrogens (tertiary/aromatic N) is 1. The summed E-state index contributed by atoms with van der Waals surface area (Å²) in [6.45, 7) is 8.72. The van der Waals surface area contributed by atoms with Crippen LogP contribution in [0.5, 0.6) is 0 Å². The fraction of sp³-hybridized carbons (Fsp3) is 0.667. The number of hydrogen-bond acceptors (Lipinski definition) is 3. The van der Waals surface area contributed by atoms with E-state index in [-0.39, 0.29) is 0 Å². The molecular weight excluding hydrogens is 262 g/mol. The summed E-state index contributed by atoms with van der Waals surface area (Å²) in [5.41, 5.74) is 3.42. The Bertz CT molecular complexity index is 457. The summed E-state index contributed by atoms with van der Waals surface area (Å²) in [4.78, 5) is 2.38. The van der Waals surface area contributed by atoms with Gasteiger partial charge in [0.1, 0.15) is 0 Å². The van der Waals surface area contributed by atoms with Crippen molar-refractivity contribution in [3.8, 4) is 0 Å². The predicted molar refractivity (Wildman–Crippen MR) is 86.5 cm³/mol. The van der Waals surface area contributed by atoms with Crippen LogP contribution in [-0.4, -0.2) is 42.9 Å². The van der Waals surface area contributed by atoms with Gasteiger partial charge in [0, 0.05) is 26.2 Å². The maximum Gasteiger partial charge on any atom is 0.0919 e.